The van der Waals surface area contributed by atoms with Gasteiger partial charge in [0.2, 0.25) is 0 Å². The SMILES string of the molecule is Cc1[nH]c2c(OCC(F)(F)F)cccc2c(=O)c1C. The van der Waals surface area contributed by atoms with Crippen molar-refractivity contribution < 1.29 is 17.9 Å². The molecule has 3 nitrogen and oxygen atoms in total. The van der Waals surface area contributed by atoms with Gasteiger partial charge in [0.05, 0.1) is 5.52 Å². The second-order valence-electron chi connectivity index (χ2n) is 4.29. The molecule has 0 aliphatic heterocycles. The lowest BCUT2D eigenvalue weighted by Gasteiger charge is -2.12. The van der Waals surface area contributed by atoms with E-state index in [1.54, 1.807) is 19.9 Å². The summed E-state index contributed by atoms with van der Waals surface area (Å²) in [5, 5.41) is 0.322. The number of rotatable bonds is 2. The second kappa shape index (κ2) is 4.60. The number of fused-ring (bicyclic) bond motifs is 1. The number of nitrogens with one attached hydrogen (secondary N) is 1. The maximum absolute atomic E-state index is 12.2. The number of alkyl halides is 3. The summed E-state index contributed by atoms with van der Waals surface area (Å²) < 4.78 is 41.2. The summed E-state index contributed by atoms with van der Waals surface area (Å²) in [6, 6.07) is 4.46. The molecule has 0 atom stereocenters. The van der Waals surface area contributed by atoms with E-state index in [-0.39, 0.29) is 11.2 Å². The van der Waals surface area contributed by atoms with E-state index in [0.717, 1.165) is 0 Å². The van der Waals surface area contributed by atoms with E-state index < -0.39 is 12.8 Å². The molecule has 0 unspecified atom stereocenters. The van der Waals surface area contributed by atoms with Crippen LogP contribution < -0.4 is 10.2 Å². The molecule has 102 valence electrons. The minimum Gasteiger partial charge on any atom is -0.482 e. The maximum Gasteiger partial charge on any atom is 0.422 e. The van der Waals surface area contributed by atoms with Crippen LogP contribution in [0, 0.1) is 13.8 Å². The molecule has 1 N–H and O–H groups in total. The average Bonchev–Trinajstić information content (AvgIpc) is 2.33. The zero-order valence-electron chi connectivity index (χ0n) is 10.4. The van der Waals surface area contributed by atoms with Crippen molar-refractivity contribution >= 4 is 10.9 Å². The predicted octanol–water partition coefficient (Wildman–Crippen LogP) is 3.09. The molecule has 0 aliphatic rings. The van der Waals surface area contributed by atoms with Crippen molar-refractivity contribution in [1.82, 2.24) is 4.98 Å². The largest absolute Gasteiger partial charge is 0.482 e. The van der Waals surface area contributed by atoms with Crippen molar-refractivity contribution in [3.8, 4) is 5.75 Å². The Morgan fingerprint density at radius 3 is 2.58 bits per heavy atom. The molecule has 0 aliphatic carbocycles. The molecular weight excluding hydrogens is 259 g/mol. The van der Waals surface area contributed by atoms with Gasteiger partial charge in [0, 0.05) is 16.6 Å². The third-order valence-electron chi connectivity index (χ3n) is 2.88. The van der Waals surface area contributed by atoms with Crippen LogP contribution in [0.15, 0.2) is 23.0 Å². The fraction of sp³-hybridized carbons (Fsp3) is 0.308. The molecule has 19 heavy (non-hydrogen) atoms. The fourth-order valence-corrected chi connectivity index (χ4v) is 1.78. The lowest BCUT2D eigenvalue weighted by atomic mass is 10.1. The van der Waals surface area contributed by atoms with E-state index in [2.05, 4.69) is 4.98 Å². The van der Waals surface area contributed by atoms with Crippen LogP contribution in [-0.2, 0) is 0 Å². The zero-order valence-corrected chi connectivity index (χ0v) is 10.4. The lowest BCUT2D eigenvalue weighted by Crippen LogP contribution is -2.20. The van der Waals surface area contributed by atoms with Crippen LogP contribution in [0.1, 0.15) is 11.3 Å². The van der Waals surface area contributed by atoms with Crippen LogP contribution in [0.3, 0.4) is 0 Å². The van der Waals surface area contributed by atoms with Gasteiger partial charge >= 0.3 is 6.18 Å². The summed E-state index contributed by atoms with van der Waals surface area (Å²) >= 11 is 0. The highest BCUT2D eigenvalue weighted by Gasteiger charge is 2.28. The molecule has 6 heteroatoms. The van der Waals surface area contributed by atoms with E-state index >= 15 is 0 Å². The number of aryl methyl sites for hydroxylation is 1. The smallest absolute Gasteiger partial charge is 0.422 e. The van der Waals surface area contributed by atoms with Gasteiger partial charge in [-0.3, -0.25) is 4.79 Å². The molecule has 0 amide bonds. The fourth-order valence-electron chi connectivity index (χ4n) is 1.78. The highest BCUT2D eigenvalue weighted by Crippen LogP contribution is 2.25. The van der Waals surface area contributed by atoms with Gasteiger partial charge in [-0.2, -0.15) is 13.2 Å². The number of para-hydroxylation sites is 1. The Labute approximate surface area is 107 Å². The van der Waals surface area contributed by atoms with E-state index in [9.17, 15) is 18.0 Å². The average molecular weight is 271 g/mol. The van der Waals surface area contributed by atoms with Crippen molar-refractivity contribution in [1.29, 1.82) is 0 Å². The van der Waals surface area contributed by atoms with Gasteiger partial charge in [0.25, 0.3) is 0 Å². The third-order valence-corrected chi connectivity index (χ3v) is 2.88. The Morgan fingerprint density at radius 1 is 1.26 bits per heavy atom. The van der Waals surface area contributed by atoms with Crippen LogP contribution in [-0.4, -0.2) is 17.8 Å². The molecule has 1 aromatic heterocycles. The van der Waals surface area contributed by atoms with Crippen LogP contribution in [0.2, 0.25) is 0 Å². The number of aromatic nitrogens is 1. The number of aromatic amines is 1. The Balaban J connectivity index is 2.55. The van der Waals surface area contributed by atoms with Crippen LogP contribution in [0.4, 0.5) is 13.2 Å². The van der Waals surface area contributed by atoms with Crippen molar-refractivity contribution in [2.45, 2.75) is 20.0 Å². The Morgan fingerprint density at radius 2 is 1.95 bits per heavy atom. The number of benzene rings is 1. The first-order chi connectivity index (χ1) is 8.79. The van der Waals surface area contributed by atoms with Gasteiger partial charge in [0.1, 0.15) is 5.75 Å². The quantitative estimate of drug-likeness (QED) is 0.912. The van der Waals surface area contributed by atoms with Gasteiger partial charge in [-0.25, -0.2) is 0 Å². The summed E-state index contributed by atoms with van der Waals surface area (Å²) in [6.07, 6.45) is -4.41. The Kier molecular flexibility index (Phi) is 3.26. The second-order valence-corrected chi connectivity index (χ2v) is 4.29. The molecule has 0 spiro atoms. The maximum atomic E-state index is 12.2. The molecule has 1 heterocycles. The lowest BCUT2D eigenvalue weighted by molar-refractivity contribution is -0.153. The minimum atomic E-state index is -4.41. The van der Waals surface area contributed by atoms with Gasteiger partial charge < -0.3 is 9.72 Å². The molecule has 1 aromatic carbocycles. The van der Waals surface area contributed by atoms with E-state index in [0.29, 0.717) is 22.2 Å². The summed E-state index contributed by atoms with van der Waals surface area (Å²) in [6.45, 7) is 1.97. The Hall–Kier alpha value is -1.98. The number of H-pyrrole nitrogens is 1. The van der Waals surface area contributed by atoms with Crippen LogP contribution in [0.5, 0.6) is 5.75 Å². The summed E-state index contributed by atoms with van der Waals surface area (Å²) in [5.74, 6) is 0.0232. The van der Waals surface area contributed by atoms with Crippen LogP contribution >= 0.6 is 0 Å². The molecule has 2 aromatic rings. The topological polar surface area (TPSA) is 42.1 Å². The zero-order chi connectivity index (χ0) is 14.2. The number of pyridine rings is 1. The van der Waals surface area contributed by atoms with Crippen molar-refractivity contribution in [2.24, 2.45) is 0 Å². The number of ether oxygens (including phenoxy) is 1. The summed E-state index contributed by atoms with van der Waals surface area (Å²) in [5.41, 5.74) is 1.24. The standard InChI is InChI=1S/C13H12F3NO2/c1-7-8(2)17-11-9(12(7)18)4-3-5-10(11)19-6-13(14,15)16/h3-5H,6H2,1-2H3,(H,17,18). The van der Waals surface area contributed by atoms with E-state index in [1.165, 1.54) is 12.1 Å². The first kappa shape index (κ1) is 13.5. The molecule has 0 saturated carbocycles. The van der Waals surface area contributed by atoms with Crippen molar-refractivity contribution in [3.63, 3.8) is 0 Å². The van der Waals surface area contributed by atoms with E-state index in [1.807, 2.05) is 0 Å². The number of halogens is 3. The van der Waals surface area contributed by atoms with Crippen LogP contribution in [0.25, 0.3) is 10.9 Å². The van der Waals surface area contributed by atoms with Gasteiger partial charge in [-0.15, -0.1) is 0 Å². The summed E-state index contributed by atoms with van der Waals surface area (Å²) in [7, 11) is 0. The molecule has 0 bridgehead atoms. The highest BCUT2D eigenvalue weighted by molar-refractivity contribution is 5.85. The predicted molar refractivity (Wildman–Crippen MR) is 65.6 cm³/mol. The third kappa shape index (κ3) is 2.72. The highest BCUT2D eigenvalue weighted by atomic mass is 19.4. The molecular formula is C13H12F3NO2. The van der Waals surface area contributed by atoms with Gasteiger partial charge in [0.15, 0.2) is 12.0 Å². The van der Waals surface area contributed by atoms with Crippen molar-refractivity contribution in [2.75, 3.05) is 6.61 Å². The minimum absolute atomic E-state index is 0.0232. The summed E-state index contributed by atoms with van der Waals surface area (Å²) in [4.78, 5) is 14.9. The molecule has 0 fully saturated rings. The van der Waals surface area contributed by atoms with Gasteiger partial charge in [-0.1, -0.05) is 6.07 Å². The van der Waals surface area contributed by atoms with Crippen molar-refractivity contribution in [3.05, 3.63) is 39.7 Å². The molecule has 2 rings (SSSR count). The monoisotopic (exact) mass is 271 g/mol. The number of hydrogen-bond acceptors (Lipinski definition) is 2. The Bertz CT molecular complexity index is 674. The normalized spacial score (nSPS) is 11.8. The van der Waals surface area contributed by atoms with E-state index in [4.69, 9.17) is 4.74 Å². The first-order valence-corrected chi connectivity index (χ1v) is 5.61. The van der Waals surface area contributed by atoms with Gasteiger partial charge in [-0.05, 0) is 26.0 Å². The molecule has 0 radical (unpaired) electrons. The number of hydrogen-bond donors (Lipinski definition) is 1. The first-order valence-electron chi connectivity index (χ1n) is 5.61. The molecule has 0 saturated heterocycles.